The first-order chi connectivity index (χ1) is 7.91. The third kappa shape index (κ3) is 3.05. The Hall–Kier alpha value is -0.460. The first-order valence-electron chi connectivity index (χ1n) is 5.56. The zero-order valence-corrected chi connectivity index (χ0v) is 12.0. The van der Waals surface area contributed by atoms with E-state index in [-0.39, 0.29) is 10.4 Å². The molecule has 4 nitrogen and oxygen atoms in total. The van der Waals surface area contributed by atoms with E-state index >= 15 is 0 Å². The second-order valence-corrected chi connectivity index (χ2v) is 7.31. The molecule has 0 saturated heterocycles. The van der Waals surface area contributed by atoms with Crippen molar-refractivity contribution in [3.05, 3.63) is 22.9 Å². The average molecular weight is 319 g/mol. The number of aromatic nitrogens is 1. The van der Waals surface area contributed by atoms with Gasteiger partial charge in [0.1, 0.15) is 4.90 Å². The molecule has 1 fully saturated rings. The highest BCUT2D eigenvalue weighted by molar-refractivity contribution is 9.10. The Kier molecular flexibility index (Phi) is 3.56. The molecule has 0 amide bonds. The molecule has 0 aromatic carbocycles. The maximum atomic E-state index is 12.2. The number of nitrogens with zero attached hydrogens (tertiary/aromatic N) is 1. The van der Waals surface area contributed by atoms with Gasteiger partial charge in [-0.1, -0.05) is 12.8 Å². The van der Waals surface area contributed by atoms with Gasteiger partial charge >= 0.3 is 0 Å². The molecule has 1 aromatic rings. The van der Waals surface area contributed by atoms with Crippen molar-refractivity contribution in [1.29, 1.82) is 0 Å². The largest absolute Gasteiger partial charge is 0.262 e. The van der Waals surface area contributed by atoms with Crippen LogP contribution in [0.4, 0.5) is 0 Å². The van der Waals surface area contributed by atoms with Gasteiger partial charge in [-0.05, 0) is 41.8 Å². The molecule has 1 heterocycles. The molecule has 0 spiro atoms. The zero-order chi connectivity index (χ0) is 12.5. The molecular weight excluding hydrogens is 304 g/mol. The summed E-state index contributed by atoms with van der Waals surface area (Å²) in [6.07, 6.45) is 6.88. The fourth-order valence-electron chi connectivity index (χ4n) is 2.18. The van der Waals surface area contributed by atoms with E-state index in [9.17, 15) is 8.42 Å². The molecule has 0 radical (unpaired) electrons. The minimum Gasteiger partial charge on any atom is -0.262 e. The van der Waals surface area contributed by atoms with Crippen LogP contribution in [0.1, 0.15) is 32.6 Å². The van der Waals surface area contributed by atoms with Crippen molar-refractivity contribution < 1.29 is 8.42 Å². The maximum absolute atomic E-state index is 12.2. The van der Waals surface area contributed by atoms with E-state index in [1.807, 2.05) is 6.92 Å². The lowest BCUT2D eigenvalue weighted by Gasteiger charge is -2.24. The van der Waals surface area contributed by atoms with Gasteiger partial charge in [-0.2, -0.15) is 0 Å². The van der Waals surface area contributed by atoms with E-state index in [4.69, 9.17) is 0 Å². The van der Waals surface area contributed by atoms with Crippen LogP contribution in [0.3, 0.4) is 0 Å². The lowest BCUT2D eigenvalue weighted by atomic mass is 10.0. The van der Waals surface area contributed by atoms with Gasteiger partial charge in [-0.15, -0.1) is 0 Å². The second-order valence-electron chi connectivity index (χ2n) is 4.71. The Morgan fingerprint density at radius 2 is 2.00 bits per heavy atom. The molecule has 6 heteroatoms. The smallest absolute Gasteiger partial charge is 0.242 e. The summed E-state index contributed by atoms with van der Waals surface area (Å²) in [6, 6.07) is 1.56. The molecule has 0 aliphatic heterocycles. The summed E-state index contributed by atoms with van der Waals surface area (Å²) in [6.45, 7) is 1.96. The van der Waals surface area contributed by atoms with Gasteiger partial charge in [-0.25, -0.2) is 13.1 Å². The average Bonchev–Trinajstić information content (AvgIpc) is 2.64. The van der Waals surface area contributed by atoms with Crippen LogP contribution in [0, 0.1) is 0 Å². The van der Waals surface area contributed by atoms with Crippen molar-refractivity contribution >= 4 is 26.0 Å². The molecule has 0 bridgehead atoms. The minimum atomic E-state index is -3.47. The van der Waals surface area contributed by atoms with Crippen molar-refractivity contribution in [3.63, 3.8) is 0 Å². The monoisotopic (exact) mass is 318 g/mol. The van der Waals surface area contributed by atoms with Crippen LogP contribution >= 0.6 is 15.9 Å². The molecule has 1 saturated carbocycles. The molecule has 2 rings (SSSR count). The molecule has 17 heavy (non-hydrogen) atoms. The van der Waals surface area contributed by atoms with Gasteiger partial charge in [0.25, 0.3) is 0 Å². The molecular formula is C11H15BrN2O2S. The van der Waals surface area contributed by atoms with Crippen LogP contribution in [-0.4, -0.2) is 18.9 Å². The van der Waals surface area contributed by atoms with Gasteiger partial charge in [0.2, 0.25) is 10.0 Å². The Morgan fingerprint density at radius 1 is 1.35 bits per heavy atom. The SMILES string of the molecule is CC1(NS(=O)(=O)c2cncc(Br)c2)CCCC1. The number of halogens is 1. The van der Waals surface area contributed by atoms with E-state index in [1.165, 1.54) is 6.20 Å². The second kappa shape index (κ2) is 4.66. The summed E-state index contributed by atoms with van der Waals surface area (Å²) in [5.74, 6) is 0. The van der Waals surface area contributed by atoms with Crippen molar-refractivity contribution in [3.8, 4) is 0 Å². The first kappa shape index (κ1) is 13.0. The molecule has 0 unspecified atom stereocenters. The Balaban J connectivity index is 2.25. The van der Waals surface area contributed by atoms with E-state index < -0.39 is 10.0 Å². The lowest BCUT2D eigenvalue weighted by molar-refractivity contribution is 0.427. The Bertz CT molecular complexity index is 510. The highest BCUT2D eigenvalue weighted by Gasteiger charge is 2.33. The molecule has 1 aliphatic rings. The lowest BCUT2D eigenvalue weighted by Crippen LogP contribution is -2.43. The zero-order valence-electron chi connectivity index (χ0n) is 9.61. The molecule has 0 atom stereocenters. The van der Waals surface area contributed by atoms with E-state index in [1.54, 1.807) is 12.3 Å². The summed E-state index contributed by atoms with van der Waals surface area (Å²) >= 11 is 3.23. The Morgan fingerprint density at radius 3 is 2.59 bits per heavy atom. The minimum absolute atomic E-state index is 0.208. The van der Waals surface area contributed by atoms with Crippen molar-refractivity contribution in [2.24, 2.45) is 0 Å². The third-order valence-corrected chi connectivity index (χ3v) is 5.12. The maximum Gasteiger partial charge on any atom is 0.242 e. The Labute approximate surface area is 110 Å². The molecule has 1 aromatic heterocycles. The third-order valence-electron chi connectivity index (χ3n) is 3.08. The van der Waals surface area contributed by atoms with Gasteiger partial charge in [0.05, 0.1) is 0 Å². The number of hydrogen-bond donors (Lipinski definition) is 1. The fourth-order valence-corrected chi connectivity index (χ4v) is 4.15. The highest BCUT2D eigenvalue weighted by atomic mass is 79.9. The van der Waals surface area contributed by atoms with Crippen molar-refractivity contribution in [2.45, 2.75) is 43.0 Å². The number of sulfonamides is 1. The summed E-state index contributed by atoms with van der Waals surface area (Å²) < 4.78 is 27.8. The summed E-state index contributed by atoms with van der Waals surface area (Å²) in [5.41, 5.74) is -0.304. The van der Waals surface area contributed by atoms with Gasteiger partial charge in [0.15, 0.2) is 0 Å². The van der Waals surface area contributed by atoms with Gasteiger partial charge in [-0.3, -0.25) is 4.98 Å². The predicted molar refractivity (Wildman–Crippen MR) is 69.1 cm³/mol. The van der Waals surface area contributed by atoms with Crippen molar-refractivity contribution in [2.75, 3.05) is 0 Å². The molecule has 1 N–H and O–H groups in total. The number of hydrogen-bond acceptors (Lipinski definition) is 3. The van der Waals surface area contributed by atoms with E-state index in [0.29, 0.717) is 4.47 Å². The van der Waals surface area contributed by atoms with Gasteiger partial charge in [0, 0.05) is 22.4 Å². The van der Waals surface area contributed by atoms with E-state index in [2.05, 4.69) is 25.6 Å². The van der Waals surface area contributed by atoms with Crippen LogP contribution in [0.5, 0.6) is 0 Å². The van der Waals surface area contributed by atoms with Crippen LogP contribution in [-0.2, 0) is 10.0 Å². The summed E-state index contributed by atoms with van der Waals surface area (Å²) in [4.78, 5) is 4.09. The first-order valence-corrected chi connectivity index (χ1v) is 7.83. The number of nitrogens with one attached hydrogen (secondary N) is 1. The number of rotatable bonds is 3. The standard InChI is InChI=1S/C11H15BrN2O2S/c1-11(4-2-3-5-11)14-17(15,16)10-6-9(12)7-13-8-10/h6-8,14H,2-5H2,1H3. The van der Waals surface area contributed by atoms with E-state index in [0.717, 1.165) is 25.7 Å². The predicted octanol–water partition coefficient (Wildman–Crippen LogP) is 2.46. The van der Waals surface area contributed by atoms with Gasteiger partial charge < -0.3 is 0 Å². The van der Waals surface area contributed by atoms with Crippen molar-refractivity contribution in [1.82, 2.24) is 9.71 Å². The molecule has 94 valence electrons. The summed E-state index contributed by atoms with van der Waals surface area (Å²) in [5, 5.41) is 0. The fraction of sp³-hybridized carbons (Fsp3) is 0.545. The van der Waals surface area contributed by atoms with Crippen LogP contribution < -0.4 is 4.72 Å². The quantitative estimate of drug-likeness (QED) is 0.931. The summed E-state index contributed by atoms with van der Waals surface area (Å²) in [7, 11) is -3.47. The number of pyridine rings is 1. The highest BCUT2D eigenvalue weighted by Crippen LogP contribution is 2.30. The molecule has 1 aliphatic carbocycles. The topological polar surface area (TPSA) is 59.1 Å². The van der Waals surface area contributed by atoms with Crippen LogP contribution in [0.25, 0.3) is 0 Å². The van der Waals surface area contributed by atoms with Crippen LogP contribution in [0.15, 0.2) is 27.8 Å². The van der Waals surface area contributed by atoms with Crippen LogP contribution in [0.2, 0.25) is 0 Å². The normalized spacial score (nSPS) is 19.4.